The summed E-state index contributed by atoms with van der Waals surface area (Å²) in [6.07, 6.45) is 0.665. The van der Waals surface area contributed by atoms with Gasteiger partial charge < -0.3 is 9.30 Å². The highest BCUT2D eigenvalue weighted by Gasteiger charge is 2.41. The van der Waals surface area contributed by atoms with Crippen LogP contribution in [0.2, 0.25) is 0 Å². The van der Waals surface area contributed by atoms with E-state index in [4.69, 9.17) is 4.74 Å². The van der Waals surface area contributed by atoms with Gasteiger partial charge in [-0.2, -0.15) is 4.31 Å². The summed E-state index contributed by atoms with van der Waals surface area (Å²) in [6.45, 7) is 0.755. The zero-order valence-corrected chi connectivity index (χ0v) is 20.6. The molecular formula is C24H25N3O6S2. The molecule has 9 nitrogen and oxygen atoms in total. The first-order chi connectivity index (χ1) is 16.7. The molecule has 0 amide bonds. The molecule has 0 saturated carbocycles. The number of sulfonamides is 2. The first-order valence-electron chi connectivity index (χ1n) is 11.1. The molecule has 11 heteroatoms. The average molecular weight is 516 g/mol. The van der Waals surface area contributed by atoms with Crippen LogP contribution in [0, 0.1) is 5.92 Å². The number of ether oxygens (including phenoxy) is 1. The van der Waals surface area contributed by atoms with E-state index >= 15 is 0 Å². The number of benzene rings is 2. The first kappa shape index (κ1) is 23.6. The summed E-state index contributed by atoms with van der Waals surface area (Å²) in [7, 11) is -6.16. The standard InChI is InChI=1S/C24H25N3O6S2/c1-33-19-7-9-21(10-8-19)35(31,32)26-14-17-13-18(16-26)24-22(11-12-23(28)27(24)15-17)25-34(29,30)20-5-3-2-4-6-20/h2-12,17-18,25H,13-16H2,1H3/t17-,18-/m1/s1. The van der Waals surface area contributed by atoms with Crippen LogP contribution >= 0.6 is 0 Å². The maximum absolute atomic E-state index is 13.4. The predicted octanol–water partition coefficient (Wildman–Crippen LogP) is 2.47. The second-order valence-corrected chi connectivity index (χ2v) is 12.4. The fourth-order valence-corrected chi connectivity index (χ4v) is 7.61. The Hall–Kier alpha value is -3.15. The van der Waals surface area contributed by atoms with Gasteiger partial charge in [-0.05, 0) is 54.8 Å². The Labute approximate surface area is 204 Å². The van der Waals surface area contributed by atoms with Gasteiger partial charge in [-0.25, -0.2) is 16.8 Å². The minimum atomic E-state index is -3.89. The lowest BCUT2D eigenvalue weighted by Gasteiger charge is -2.42. The van der Waals surface area contributed by atoms with Crippen molar-refractivity contribution >= 4 is 25.7 Å². The van der Waals surface area contributed by atoms with Gasteiger partial charge in [-0.3, -0.25) is 9.52 Å². The molecule has 184 valence electrons. The number of pyridine rings is 1. The van der Waals surface area contributed by atoms with Crippen molar-refractivity contribution in [3.05, 3.63) is 82.8 Å². The van der Waals surface area contributed by atoms with Crippen molar-refractivity contribution < 1.29 is 21.6 Å². The van der Waals surface area contributed by atoms with E-state index in [1.807, 2.05) is 0 Å². The summed E-state index contributed by atoms with van der Waals surface area (Å²) < 4.78 is 63.5. The summed E-state index contributed by atoms with van der Waals surface area (Å²) in [5, 5.41) is 0. The highest BCUT2D eigenvalue weighted by Crippen LogP contribution is 2.40. The van der Waals surface area contributed by atoms with Crippen LogP contribution in [0.1, 0.15) is 18.0 Å². The number of fused-ring (bicyclic) bond motifs is 4. The average Bonchev–Trinajstić information content (AvgIpc) is 2.86. The van der Waals surface area contributed by atoms with E-state index in [-0.39, 0.29) is 40.3 Å². The Morgan fingerprint density at radius 2 is 1.57 bits per heavy atom. The quantitative estimate of drug-likeness (QED) is 0.539. The van der Waals surface area contributed by atoms with Crippen LogP contribution in [-0.2, 0) is 26.6 Å². The topological polar surface area (TPSA) is 115 Å². The normalized spacial score (nSPS) is 20.1. The van der Waals surface area contributed by atoms with E-state index in [9.17, 15) is 21.6 Å². The molecule has 1 N–H and O–H groups in total. The fraction of sp³-hybridized carbons (Fsp3) is 0.292. The van der Waals surface area contributed by atoms with E-state index in [0.29, 0.717) is 30.1 Å². The molecule has 1 saturated heterocycles. The van der Waals surface area contributed by atoms with Gasteiger partial charge in [0.15, 0.2) is 0 Å². The van der Waals surface area contributed by atoms with Crippen molar-refractivity contribution in [1.29, 1.82) is 0 Å². The molecule has 1 fully saturated rings. The zero-order chi connectivity index (χ0) is 24.8. The minimum absolute atomic E-state index is 0.0621. The van der Waals surface area contributed by atoms with Crippen molar-refractivity contribution in [3.8, 4) is 5.75 Å². The van der Waals surface area contributed by atoms with E-state index in [2.05, 4.69) is 4.72 Å². The molecule has 3 aromatic rings. The Kier molecular flexibility index (Phi) is 5.94. The number of piperidine rings is 1. The van der Waals surface area contributed by atoms with Crippen molar-refractivity contribution in [3.63, 3.8) is 0 Å². The summed E-state index contributed by atoms with van der Waals surface area (Å²) in [5.41, 5.74) is 0.576. The monoisotopic (exact) mass is 515 g/mol. The van der Waals surface area contributed by atoms with Crippen molar-refractivity contribution in [2.75, 3.05) is 24.9 Å². The first-order valence-corrected chi connectivity index (χ1v) is 14.1. The molecular weight excluding hydrogens is 490 g/mol. The smallest absolute Gasteiger partial charge is 0.261 e. The van der Waals surface area contributed by atoms with Crippen LogP contribution in [0.15, 0.2) is 81.3 Å². The van der Waals surface area contributed by atoms with Crippen molar-refractivity contribution in [2.24, 2.45) is 5.92 Å². The second-order valence-electron chi connectivity index (χ2n) is 8.80. The molecule has 2 bridgehead atoms. The van der Waals surface area contributed by atoms with Crippen molar-refractivity contribution in [2.45, 2.75) is 28.7 Å². The van der Waals surface area contributed by atoms with Crippen LogP contribution in [-0.4, -0.2) is 45.9 Å². The molecule has 5 rings (SSSR count). The summed E-state index contributed by atoms with van der Waals surface area (Å²) >= 11 is 0. The molecule has 0 radical (unpaired) electrons. The molecule has 1 aromatic heterocycles. The lowest BCUT2D eigenvalue weighted by Crippen LogP contribution is -2.49. The number of anilines is 1. The Bertz CT molecular complexity index is 1520. The maximum Gasteiger partial charge on any atom is 0.261 e. The lowest BCUT2D eigenvalue weighted by molar-refractivity contribution is 0.187. The van der Waals surface area contributed by atoms with Gasteiger partial charge in [0, 0.05) is 37.3 Å². The fourth-order valence-electron chi connectivity index (χ4n) is 4.95. The number of nitrogens with zero attached hydrogens (tertiary/aromatic N) is 2. The highest BCUT2D eigenvalue weighted by atomic mass is 32.2. The van der Waals surface area contributed by atoms with Crippen LogP contribution in [0.25, 0.3) is 0 Å². The van der Waals surface area contributed by atoms with E-state index < -0.39 is 20.0 Å². The van der Waals surface area contributed by atoms with Gasteiger partial charge in [0.1, 0.15) is 5.75 Å². The summed E-state index contributed by atoms with van der Waals surface area (Å²) in [4.78, 5) is 12.9. The molecule has 35 heavy (non-hydrogen) atoms. The zero-order valence-electron chi connectivity index (χ0n) is 19.0. The van der Waals surface area contributed by atoms with Gasteiger partial charge >= 0.3 is 0 Å². The molecule has 2 aliphatic rings. The predicted molar refractivity (Wildman–Crippen MR) is 131 cm³/mol. The van der Waals surface area contributed by atoms with Crippen LogP contribution in [0.3, 0.4) is 0 Å². The third-order valence-corrected chi connectivity index (χ3v) is 9.78. The summed E-state index contributed by atoms with van der Waals surface area (Å²) in [5.74, 6) is 0.161. The van der Waals surface area contributed by atoms with Gasteiger partial charge in [0.05, 0.1) is 22.6 Å². The third-order valence-electron chi connectivity index (χ3n) is 6.55. The van der Waals surface area contributed by atoms with Crippen LogP contribution in [0.4, 0.5) is 5.69 Å². The molecule has 0 spiro atoms. The third kappa shape index (κ3) is 4.35. The molecule has 0 aliphatic carbocycles. The molecule has 2 aliphatic heterocycles. The Morgan fingerprint density at radius 3 is 2.26 bits per heavy atom. The van der Waals surface area contributed by atoms with Gasteiger partial charge in [0.2, 0.25) is 10.0 Å². The molecule has 3 heterocycles. The Morgan fingerprint density at radius 1 is 0.857 bits per heavy atom. The number of aromatic nitrogens is 1. The number of hydrogen-bond acceptors (Lipinski definition) is 6. The number of methoxy groups -OCH3 is 1. The van der Waals surface area contributed by atoms with Gasteiger partial charge in [0.25, 0.3) is 15.6 Å². The van der Waals surface area contributed by atoms with E-state index in [0.717, 1.165) is 0 Å². The van der Waals surface area contributed by atoms with Crippen LogP contribution in [0.5, 0.6) is 5.75 Å². The Balaban J connectivity index is 1.50. The number of hydrogen-bond donors (Lipinski definition) is 1. The van der Waals surface area contributed by atoms with Gasteiger partial charge in [-0.15, -0.1) is 0 Å². The molecule has 2 atom stereocenters. The summed E-state index contributed by atoms with van der Waals surface area (Å²) in [6, 6.07) is 17.0. The second kappa shape index (κ2) is 8.81. The number of rotatable bonds is 6. The minimum Gasteiger partial charge on any atom is -0.497 e. The molecule has 0 unspecified atom stereocenters. The highest BCUT2D eigenvalue weighted by molar-refractivity contribution is 7.92. The molecule has 2 aromatic carbocycles. The van der Waals surface area contributed by atoms with Crippen molar-refractivity contribution in [1.82, 2.24) is 8.87 Å². The number of nitrogens with one attached hydrogen (secondary N) is 1. The van der Waals surface area contributed by atoms with E-state index in [1.54, 1.807) is 34.9 Å². The lowest BCUT2D eigenvalue weighted by atomic mass is 9.83. The van der Waals surface area contributed by atoms with Gasteiger partial charge in [-0.1, -0.05) is 18.2 Å². The van der Waals surface area contributed by atoms with Crippen LogP contribution < -0.4 is 15.0 Å². The SMILES string of the molecule is COc1ccc(S(=O)(=O)N2C[C@H]3C[C@H](C2)c2c(NS(=O)(=O)c4ccccc4)ccc(=O)n2C3)cc1. The largest absolute Gasteiger partial charge is 0.497 e. The van der Waals surface area contributed by atoms with E-state index in [1.165, 1.54) is 47.8 Å². The maximum atomic E-state index is 13.4.